The Bertz CT molecular complexity index is 588. The molecule has 3 nitrogen and oxygen atoms in total. The maximum absolute atomic E-state index is 11.8. The van der Waals surface area contributed by atoms with E-state index >= 15 is 0 Å². The van der Waals surface area contributed by atoms with Crippen molar-refractivity contribution in [2.24, 2.45) is 0 Å². The molecule has 0 aromatic heterocycles. The zero-order valence-corrected chi connectivity index (χ0v) is 13.3. The average molecular weight is 297 g/mol. The Labute approximate surface area is 132 Å². The lowest BCUT2D eigenvalue weighted by molar-refractivity contribution is -0.121. The fraction of sp³-hybridized carbons (Fsp3) is 0.316. The van der Waals surface area contributed by atoms with E-state index in [2.05, 4.69) is 24.4 Å². The van der Waals surface area contributed by atoms with Crippen molar-refractivity contribution in [3.8, 4) is 5.75 Å². The minimum absolute atomic E-state index is 0.0630. The lowest BCUT2D eigenvalue weighted by Crippen LogP contribution is -2.22. The zero-order chi connectivity index (χ0) is 15.8. The number of hydrogen-bond acceptors (Lipinski definition) is 2. The molecule has 0 saturated carbocycles. The average Bonchev–Trinajstić information content (AvgIpc) is 2.53. The number of hydrogen-bond donors (Lipinski definition) is 1. The molecule has 0 aliphatic heterocycles. The zero-order valence-electron chi connectivity index (χ0n) is 13.3. The number of ether oxygens (including phenoxy) is 1. The van der Waals surface area contributed by atoms with Crippen LogP contribution in [-0.2, 0) is 11.3 Å². The summed E-state index contributed by atoms with van der Waals surface area (Å²) in [5, 5.41) is 2.93. The van der Waals surface area contributed by atoms with Crippen LogP contribution < -0.4 is 10.1 Å². The van der Waals surface area contributed by atoms with Crippen LogP contribution in [0.2, 0.25) is 0 Å². The monoisotopic (exact) mass is 297 g/mol. The van der Waals surface area contributed by atoms with Crippen molar-refractivity contribution in [3.63, 3.8) is 0 Å². The molecule has 116 valence electrons. The molecule has 0 spiro atoms. The number of carbonyl (C=O) groups is 1. The highest BCUT2D eigenvalue weighted by molar-refractivity contribution is 5.75. The second-order valence-corrected chi connectivity index (χ2v) is 5.53. The van der Waals surface area contributed by atoms with Crippen LogP contribution in [0.4, 0.5) is 0 Å². The van der Waals surface area contributed by atoms with Gasteiger partial charge in [0.25, 0.3) is 0 Å². The van der Waals surface area contributed by atoms with Gasteiger partial charge in [0.1, 0.15) is 5.75 Å². The van der Waals surface area contributed by atoms with Crippen LogP contribution in [0, 0.1) is 13.8 Å². The molecule has 0 heterocycles. The van der Waals surface area contributed by atoms with Crippen LogP contribution in [0.5, 0.6) is 5.75 Å². The molecule has 22 heavy (non-hydrogen) atoms. The van der Waals surface area contributed by atoms with Gasteiger partial charge in [0.2, 0.25) is 5.91 Å². The normalized spacial score (nSPS) is 10.3. The lowest BCUT2D eigenvalue weighted by atomic mass is 10.1. The first-order valence-corrected chi connectivity index (χ1v) is 7.65. The largest absolute Gasteiger partial charge is 0.494 e. The molecule has 0 saturated heterocycles. The standard InChI is InChI=1S/C19H23NO2/c1-15-5-9-17(10-6-15)14-20-19(21)4-3-13-22-18-11-7-16(2)8-12-18/h5-12H,3-4,13-14H2,1-2H3,(H,20,21). The van der Waals surface area contributed by atoms with Crippen LogP contribution in [0.25, 0.3) is 0 Å². The molecule has 0 radical (unpaired) electrons. The van der Waals surface area contributed by atoms with E-state index in [4.69, 9.17) is 4.74 Å². The number of nitrogens with one attached hydrogen (secondary N) is 1. The van der Waals surface area contributed by atoms with Crippen LogP contribution in [0.3, 0.4) is 0 Å². The Morgan fingerprint density at radius 1 is 0.955 bits per heavy atom. The van der Waals surface area contributed by atoms with Crippen LogP contribution in [0.15, 0.2) is 48.5 Å². The molecular weight excluding hydrogens is 274 g/mol. The summed E-state index contributed by atoms with van der Waals surface area (Å²) in [6.07, 6.45) is 1.20. The first-order chi connectivity index (χ1) is 10.6. The van der Waals surface area contributed by atoms with Crippen molar-refractivity contribution < 1.29 is 9.53 Å². The Morgan fingerprint density at radius 3 is 2.18 bits per heavy atom. The Kier molecular flexibility index (Phi) is 6.01. The van der Waals surface area contributed by atoms with Gasteiger partial charge in [-0.15, -0.1) is 0 Å². The lowest BCUT2D eigenvalue weighted by Gasteiger charge is -2.07. The van der Waals surface area contributed by atoms with E-state index in [9.17, 15) is 4.79 Å². The van der Waals surface area contributed by atoms with E-state index in [1.807, 2.05) is 43.3 Å². The van der Waals surface area contributed by atoms with Crippen molar-refractivity contribution in [3.05, 3.63) is 65.2 Å². The Morgan fingerprint density at radius 2 is 1.55 bits per heavy atom. The van der Waals surface area contributed by atoms with Crippen LogP contribution in [-0.4, -0.2) is 12.5 Å². The SMILES string of the molecule is Cc1ccc(CNC(=O)CCCOc2ccc(C)cc2)cc1. The van der Waals surface area contributed by atoms with Crippen molar-refractivity contribution >= 4 is 5.91 Å². The summed E-state index contributed by atoms with van der Waals surface area (Å²) in [5.74, 6) is 0.916. The van der Waals surface area contributed by atoms with Crippen molar-refractivity contribution in [1.29, 1.82) is 0 Å². The summed E-state index contributed by atoms with van der Waals surface area (Å²) >= 11 is 0. The van der Waals surface area contributed by atoms with Crippen LogP contribution >= 0.6 is 0 Å². The predicted molar refractivity (Wildman–Crippen MR) is 88.9 cm³/mol. The van der Waals surface area contributed by atoms with E-state index < -0.39 is 0 Å². The molecule has 0 bridgehead atoms. The summed E-state index contributed by atoms with van der Waals surface area (Å²) in [6.45, 7) is 5.23. The third kappa shape index (κ3) is 5.60. The Balaban J connectivity index is 1.61. The number of amides is 1. The molecule has 1 amide bonds. The predicted octanol–water partition coefficient (Wildman–Crippen LogP) is 3.78. The number of aryl methyl sites for hydroxylation is 2. The van der Waals surface area contributed by atoms with Gasteiger partial charge in [-0.25, -0.2) is 0 Å². The van der Waals surface area contributed by atoms with Crippen molar-refractivity contribution in [1.82, 2.24) is 5.32 Å². The van der Waals surface area contributed by atoms with Crippen molar-refractivity contribution in [2.45, 2.75) is 33.2 Å². The molecule has 0 unspecified atom stereocenters. The number of carbonyl (C=O) groups excluding carboxylic acids is 1. The van der Waals surface area contributed by atoms with Gasteiger partial charge in [-0.1, -0.05) is 47.5 Å². The van der Waals surface area contributed by atoms with E-state index in [1.54, 1.807) is 0 Å². The molecule has 0 aliphatic rings. The molecule has 0 atom stereocenters. The minimum atomic E-state index is 0.0630. The van der Waals surface area contributed by atoms with Crippen LogP contribution in [0.1, 0.15) is 29.5 Å². The molecule has 1 N–H and O–H groups in total. The number of rotatable bonds is 7. The number of benzene rings is 2. The van der Waals surface area contributed by atoms with E-state index in [0.717, 1.165) is 11.3 Å². The molecule has 0 aliphatic carbocycles. The molecular formula is C19H23NO2. The van der Waals surface area contributed by atoms with Crippen molar-refractivity contribution in [2.75, 3.05) is 6.61 Å². The molecule has 2 rings (SSSR count). The van der Waals surface area contributed by atoms with Gasteiger partial charge >= 0.3 is 0 Å². The molecule has 0 fully saturated rings. The minimum Gasteiger partial charge on any atom is -0.494 e. The summed E-state index contributed by atoms with van der Waals surface area (Å²) in [4.78, 5) is 11.8. The summed E-state index contributed by atoms with van der Waals surface area (Å²) in [6, 6.07) is 16.1. The molecule has 2 aromatic carbocycles. The second kappa shape index (κ2) is 8.23. The Hall–Kier alpha value is -2.29. The second-order valence-electron chi connectivity index (χ2n) is 5.53. The topological polar surface area (TPSA) is 38.3 Å². The molecule has 2 aromatic rings. The maximum Gasteiger partial charge on any atom is 0.220 e. The van der Waals surface area contributed by atoms with Gasteiger partial charge in [0, 0.05) is 13.0 Å². The van der Waals surface area contributed by atoms with Gasteiger partial charge in [-0.05, 0) is 38.0 Å². The van der Waals surface area contributed by atoms with Gasteiger partial charge in [0.15, 0.2) is 0 Å². The summed E-state index contributed by atoms with van der Waals surface area (Å²) < 4.78 is 5.61. The van der Waals surface area contributed by atoms with E-state index in [0.29, 0.717) is 26.0 Å². The van der Waals surface area contributed by atoms with Gasteiger partial charge in [-0.2, -0.15) is 0 Å². The quantitative estimate of drug-likeness (QED) is 0.790. The highest BCUT2D eigenvalue weighted by Gasteiger charge is 2.02. The van der Waals surface area contributed by atoms with E-state index in [1.165, 1.54) is 11.1 Å². The third-order valence-electron chi connectivity index (χ3n) is 3.45. The first-order valence-electron chi connectivity index (χ1n) is 7.65. The fourth-order valence-corrected chi connectivity index (χ4v) is 2.05. The molecule has 3 heteroatoms. The summed E-state index contributed by atoms with van der Waals surface area (Å²) in [5.41, 5.74) is 3.56. The smallest absolute Gasteiger partial charge is 0.220 e. The first kappa shape index (κ1) is 16.1. The van der Waals surface area contributed by atoms with Gasteiger partial charge in [0.05, 0.1) is 6.61 Å². The highest BCUT2D eigenvalue weighted by atomic mass is 16.5. The third-order valence-corrected chi connectivity index (χ3v) is 3.45. The highest BCUT2D eigenvalue weighted by Crippen LogP contribution is 2.11. The fourth-order valence-electron chi connectivity index (χ4n) is 2.05. The van der Waals surface area contributed by atoms with Gasteiger partial charge in [-0.3, -0.25) is 4.79 Å². The van der Waals surface area contributed by atoms with E-state index in [-0.39, 0.29) is 5.91 Å². The summed E-state index contributed by atoms with van der Waals surface area (Å²) in [7, 11) is 0. The maximum atomic E-state index is 11.8. The van der Waals surface area contributed by atoms with Gasteiger partial charge < -0.3 is 10.1 Å².